The van der Waals surface area contributed by atoms with Crippen molar-refractivity contribution in [3.8, 4) is 0 Å². The van der Waals surface area contributed by atoms with Crippen molar-refractivity contribution in [1.29, 1.82) is 0 Å². The van der Waals surface area contributed by atoms with Crippen LogP contribution in [0.15, 0.2) is 0 Å². The third kappa shape index (κ3) is 10.6. The van der Waals surface area contributed by atoms with E-state index in [0.717, 1.165) is 25.7 Å². The predicted octanol–water partition coefficient (Wildman–Crippen LogP) is 4.79. The molecule has 0 aromatic carbocycles. The maximum Gasteiger partial charge on any atom is 0.342 e. The van der Waals surface area contributed by atoms with Crippen molar-refractivity contribution in [3.05, 3.63) is 0 Å². The second-order valence-electron chi connectivity index (χ2n) is 5.57. The van der Waals surface area contributed by atoms with E-state index >= 15 is 0 Å². The number of carbonyl (C=O) groups is 1. The zero-order chi connectivity index (χ0) is 13.9. The number of hydrogen-bond donors (Lipinski definition) is 0. The van der Waals surface area contributed by atoms with E-state index in [1.54, 1.807) is 0 Å². The van der Waals surface area contributed by atoms with Crippen molar-refractivity contribution >= 4 is 5.97 Å². The zero-order valence-corrected chi connectivity index (χ0v) is 12.6. The number of hydrogen-bond acceptors (Lipinski definition) is 3. The van der Waals surface area contributed by atoms with Crippen LogP contribution in [0.5, 0.6) is 0 Å². The van der Waals surface area contributed by atoms with Crippen molar-refractivity contribution in [2.24, 2.45) is 0 Å². The molecule has 0 spiro atoms. The van der Waals surface area contributed by atoms with E-state index in [1.165, 1.54) is 25.7 Å². The molecule has 0 aliphatic heterocycles. The first-order chi connectivity index (χ1) is 8.52. The van der Waals surface area contributed by atoms with Gasteiger partial charge in [0.2, 0.25) is 0 Å². The second-order valence-corrected chi connectivity index (χ2v) is 5.57. The molecule has 0 aliphatic rings. The third-order valence-electron chi connectivity index (χ3n) is 2.95. The Morgan fingerprint density at radius 3 is 2.17 bits per heavy atom. The van der Waals surface area contributed by atoms with Gasteiger partial charge in [-0.05, 0) is 26.7 Å². The lowest BCUT2D eigenvalue weighted by Gasteiger charge is -2.21. The molecule has 0 unspecified atom stereocenters. The average molecular weight is 258 g/mol. The lowest BCUT2D eigenvalue weighted by Crippen LogP contribution is -2.25. The van der Waals surface area contributed by atoms with Crippen LogP contribution in [0.3, 0.4) is 0 Å². The predicted molar refractivity (Wildman–Crippen MR) is 74.2 cm³/mol. The molecule has 0 saturated heterocycles. The summed E-state index contributed by atoms with van der Waals surface area (Å²) in [6, 6.07) is 0. The number of carbonyl (C=O) groups excluding carboxylic acids is 1. The zero-order valence-electron chi connectivity index (χ0n) is 12.6. The van der Waals surface area contributed by atoms with Gasteiger partial charge in [0.15, 0.2) is 0 Å². The minimum atomic E-state index is -0.370. The van der Waals surface area contributed by atoms with Crippen molar-refractivity contribution in [3.63, 3.8) is 0 Å². The van der Waals surface area contributed by atoms with Crippen LogP contribution in [0.4, 0.5) is 0 Å². The fraction of sp³-hybridized carbons (Fsp3) is 0.933. The van der Waals surface area contributed by atoms with Gasteiger partial charge in [-0.15, -0.1) is 0 Å². The highest BCUT2D eigenvalue weighted by atomic mass is 17.2. The molecule has 18 heavy (non-hydrogen) atoms. The maximum absolute atomic E-state index is 11.4. The largest absolute Gasteiger partial charge is 0.342 e. The molecule has 0 heterocycles. The summed E-state index contributed by atoms with van der Waals surface area (Å²) in [5.74, 6) is -0.241. The van der Waals surface area contributed by atoms with Crippen molar-refractivity contribution in [1.82, 2.24) is 0 Å². The summed E-state index contributed by atoms with van der Waals surface area (Å²) in [7, 11) is 0. The van der Waals surface area contributed by atoms with Crippen LogP contribution in [0.1, 0.15) is 85.5 Å². The number of rotatable bonds is 11. The maximum atomic E-state index is 11.4. The highest BCUT2D eigenvalue weighted by Crippen LogP contribution is 2.17. The van der Waals surface area contributed by atoms with E-state index < -0.39 is 0 Å². The average Bonchev–Trinajstić information content (AvgIpc) is 2.31. The Kier molecular flexibility index (Phi) is 10.0. The normalized spacial score (nSPS) is 11.6. The molecule has 0 saturated carbocycles. The Morgan fingerprint density at radius 1 is 0.944 bits per heavy atom. The van der Waals surface area contributed by atoms with Gasteiger partial charge in [0.1, 0.15) is 5.60 Å². The van der Waals surface area contributed by atoms with E-state index in [9.17, 15) is 4.79 Å². The van der Waals surface area contributed by atoms with Crippen LogP contribution in [-0.4, -0.2) is 11.6 Å². The van der Waals surface area contributed by atoms with E-state index in [4.69, 9.17) is 9.78 Å². The summed E-state index contributed by atoms with van der Waals surface area (Å²) >= 11 is 0. The van der Waals surface area contributed by atoms with Crippen molar-refractivity contribution in [2.75, 3.05) is 0 Å². The molecule has 3 heteroatoms. The van der Waals surface area contributed by atoms with Gasteiger partial charge < -0.3 is 0 Å². The topological polar surface area (TPSA) is 35.5 Å². The van der Waals surface area contributed by atoms with Gasteiger partial charge in [-0.1, -0.05) is 52.4 Å². The number of unbranched alkanes of at least 4 members (excludes halogenated alkanes) is 5. The van der Waals surface area contributed by atoms with E-state index in [2.05, 4.69) is 13.8 Å². The molecule has 0 radical (unpaired) electrons. The molecule has 0 atom stereocenters. The molecule has 108 valence electrons. The molecule has 0 rings (SSSR count). The van der Waals surface area contributed by atoms with Gasteiger partial charge >= 0.3 is 5.97 Å². The molecule has 0 aliphatic carbocycles. The van der Waals surface area contributed by atoms with Gasteiger partial charge in [0.25, 0.3) is 0 Å². The second kappa shape index (κ2) is 10.4. The SMILES string of the molecule is CCCCCCCCC(=O)OOC(C)(C)CCC. The molecular formula is C15H30O3. The van der Waals surface area contributed by atoms with Gasteiger partial charge in [0, 0.05) is 6.42 Å². The van der Waals surface area contributed by atoms with E-state index in [-0.39, 0.29) is 11.6 Å². The first-order valence-electron chi connectivity index (χ1n) is 7.40. The molecule has 3 nitrogen and oxygen atoms in total. The Balaban J connectivity index is 3.48. The fourth-order valence-corrected chi connectivity index (χ4v) is 1.89. The highest BCUT2D eigenvalue weighted by Gasteiger charge is 2.20. The molecule has 0 N–H and O–H groups in total. The summed E-state index contributed by atoms with van der Waals surface area (Å²) in [5, 5.41) is 0. The summed E-state index contributed by atoms with van der Waals surface area (Å²) in [6.07, 6.45) is 9.40. The van der Waals surface area contributed by atoms with Gasteiger partial charge in [-0.3, -0.25) is 4.89 Å². The Hall–Kier alpha value is -0.570. The van der Waals surface area contributed by atoms with Gasteiger partial charge in [-0.2, -0.15) is 4.89 Å². The summed E-state index contributed by atoms with van der Waals surface area (Å²) < 4.78 is 0. The molecule has 0 aromatic heterocycles. The minimum absolute atomic E-state index is 0.241. The van der Waals surface area contributed by atoms with Crippen LogP contribution in [0.25, 0.3) is 0 Å². The van der Waals surface area contributed by atoms with Crippen LogP contribution in [0.2, 0.25) is 0 Å². The Bertz CT molecular complexity index is 212. The van der Waals surface area contributed by atoms with Crippen LogP contribution < -0.4 is 0 Å². The standard InChI is InChI=1S/C15H30O3/c1-5-7-8-9-10-11-12-14(16)17-18-15(3,4)13-6-2/h5-13H2,1-4H3. The van der Waals surface area contributed by atoms with Gasteiger partial charge in [0.05, 0.1) is 0 Å². The molecule has 0 bridgehead atoms. The lowest BCUT2D eigenvalue weighted by atomic mass is 10.0. The minimum Gasteiger partial charge on any atom is -0.298 e. The molecule has 0 amide bonds. The Labute approximate surface area is 112 Å². The smallest absolute Gasteiger partial charge is 0.298 e. The van der Waals surface area contributed by atoms with Crippen LogP contribution in [-0.2, 0) is 14.6 Å². The van der Waals surface area contributed by atoms with Crippen LogP contribution in [0, 0.1) is 0 Å². The fourth-order valence-electron chi connectivity index (χ4n) is 1.89. The Morgan fingerprint density at radius 2 is 1.56 bits per heavy atom. The van der Waals surface area contributed by atoms with Crippen molar-refractivity contribution in [2.45, 2.75) is 91.1 Å². The summed E-state index contributed by atoms with van der Waals surface area (Å²) in [5.41, 5.74) is -0.370. The first kappa shape index (κ1) is 17.4. The molecular weight excluding hydrogens is 228 g/mol. The third-order valence-corrected chi connectivity index (χ3v) is 2.95. The first-order valence-corrected chi connectivity index (χ1v) is 7.40. The lowest BCUT2D eigenvalue weighted by molar-refractivity contribution is -0.326. The summed E-state index contributed by atoms with van der Waals surface area (Å²) in [6.45, 7) is 8.17. The van der Waals surface area contributed by atoms with Crippen molar-refractivity contribution < 1.29 is 14.6 Å². The van der Waals surface area contributed by atoms with E-state index in [1.807, 2.05) is 13.8 Å². The molecule has 0 fully saturated rings. The monoisotopic (exact) mass is 258 g/mol. The summed E-state index contributed by atoms with van der Waals surface area (Å²) in [4.78, 5) is 21.5. The highest BCUT2D eigenvalue weighted by molar-refractivity contribution is 5.68. The quantitative estimate of drug-likeness (QED) is 0.303. The van der Waals surface area contributed by atoms with Crippen LogP contribution >= 0.6 is 0 Å². The van der Waals surface area contributed by atoms with E-state index in [0.29, 0.717) is 6.42 Å². The molecule has 0 aromatic rings. The van der Waals surface area contributed by atoms with Gasteiger partial charge in [-0.25, -0.2) is 4.79 Å².